The zero-order valence-corrected chi connectivity index (χ0v) is 30.6. The van der Waals surface area contributed by atoms with E-state index in [1.807, 2.05) is 30.4 Å². The van der Waals surface area contributed by atoms with Crippen molar-refractivity contribution < 1.29 is 29.3 Å². The number of unbranched alkanes of at least 4 members (excludes halogenated alkanes) is 13. The predicted octanol–water partition coefficient (Wildman–Crippen LogP) is 10.8. The van der Waals surface area contributed by atoms with Gasteiger partial charge in [-0.25, -0.2) is 0 Å². The van der Waals surface area contributed by atoms with Crippen molar-refractivity contribution in [2.45, 2.75) is 167 Å². The van der Waals surface area contributed by atoms with Gasteiger partial charge in [-0.3, -0.25) is 9.59 Å². The van der Waals surface area contributed by atoms with Crippen LogP contribution in [0.2, 0.25) is 0 Å². The van der Waals surface area contributed by atoms with Crippen LogP contribution in [0.5, 0.6) is 0 Å². The van der Waals surface area contributed by atoms with E-state index < -0.39 is 18.2 Å². The molecule has 2 atom stereocenters. The molecule has 2 N–H and O–H groups in total. The normalized spacial score (nSPS) is 13.7. The summed E-state index contributed by atoms with van der Waals surface area (Å²) in [6.07, 6.45) is 45.6. The molecule has 0 aliphatic carbocycles. The van der Waals surface area contributed by atoms with Gasteiger partial charge in [0.25, 0.3) is 0 Å². The Morgan fingerprint density at radius 3 is 1.56 bits per heavy atom. The van der Waals surface area contributed by atoms with Crippen LogP contribution in [0.4, 0.5) is 0 Å². The van der Waals surface area contributed by atoms with E-state index in [1.165, 1.54) is 70.6 Å². The number of ether oxygens (including phenoxy) is 2. The smallest absolute Gasteiger partial charge is 0.306 e. The Morgan fingerprint density at radius 2 is 1.02 bits per heavy atom. The zero-order chi connectivity index (χ0) is 35.2. The summed E-state index contributed by atoms with van der Waals surface area (Å²) in [6.45, 7) is 4.02. The summed E-state index contributed by atoms with van der Waals surface area (Å²) in [5.74, 6) is -0.743. The Labute approximate surface area is 294 Å². The Bertz CT molecular complexity index is 913. The average molecular weight is 671 g/mol. The molecule has 1 unspecified atom stereocenters. The van der Waals surface area contributed by atoms with Crippen molar-refractivity contribution in [1.29, 1.82) is 0 Å². The van der Waals surface area contributed by atoms with Gasteiger partial charge in [0, 0.05) is 12.8 Å². The minimum Gasteiger partial charge on any atom is -0.463 e. The van der Waals surface area contributed by atoms with Crippen LogP contribution in [0.15, 0.2) is 72.9 Å². The fourth-order valence-corrected chi connectivity index (χ4v) is 4.90. The molecule has 0 fully saturated rings. The highest BCUT2D eigenvalue weighted by atomic mass is 16.6. The maximum atomic E-state index is 11.9. The lowest BCUT2D eigenvalue weighted by Crippen LogP contribution is -2.25. The molecule has 0 radical (unpaired) electrons. The quantitative estimate of drug-likeness (QED) is 0.0312. The van der Waals surface area contributed by atoms with Gasteiger partial charge in [0.15, 0.2) is 0 Å². The zero-order valence-electron chi connectivity index (χ0n) is 30.6. The predicted molar refractivity (Wildman–Crippen MR) is 202 cm³/mol. The SMILES string of the molecule is CC/C=C\C/C=C\C/C=C\C/C=C\C=C/C(O)C/C=C\CCC(=O)OC[C@@H](O)COC(=O)CCCCCCCCCCCCCCCC. The van der Waals surface area contributed by atoms with Gasteiger partial charge in [-0.1, -0.05) is 170 Å². The molecule has 0 spiro atoms. The number of carbonyl (C=O) groups excluding carboxylic acids is 2. The van der Waals surface area contributed by atoms with Gasteiger partial charge >= 0.3 is 11.9 Å². The molecule has 0 aliphatic rings. The molecule has 48 heavy (non-hydrogen) atoms. The number of allylic oxidation sites excluding steroid dienone is 10. The Kier molecular flexibility index (Phi) is 35.0. The van der Waals surface area contributed by atoms with Crippen LogP contribution >= 0.6 is 0 Å². The summed E-state index contributed by atoms with van der Waals surface area (Å²) in [6, 6.07) is 0. The molecule has 6 nitrogen and oxygen atoms in total. The number of rotatable bonds is 33. The maximum Gasteiger partial charge on any atom is 0.306 e. The van der Waals surface area contributed by atoms with Gasteiger partial charge in [0.1, 0.15) is 19.3 Å². The van der Waals surface area contributed by atoms with Crippen molar-refractivity contribution in [3.8, 4) is 0 Å². The Hall–Kier alpha value is -2.70. The highest BCUT2D eigenvalue weighted by Crippen LogP contribution is 2.13. The van der Waals surface area contributed by atoms with Crippen molar-refractivity contribution >= 4 is 11.9 Å². The molecule has 0 amide bonds. The van der Waals surface area contributed by atoms with Crippen molar-refractivity contribution in [1.82, 2.24) is 0 Å². The summed E-state index contributed by atoms with van der Waals surface area (Å²) < 4.78 is 10.2. The number of aliphatic hydroxyl groups excluding tert-OH is 2. The number of aliphatic hydroxyl groups is 2. The summed E-state index contributed by atoms with van der Waals surface area (Å²) >= 11 is 0. The van der Waals surface area contributed by atoms with Gasteiger partial charge in [0.2, 0.25) is 0 Å². The fraction of sp³-hybridized carbons (Fsp3) is 0.667. The number of carbonyl (C=O) groups is 2. The molecular weight excluding hydrogens is 600 g/mol. The maximum absolute atomic E-state index is 11.9. The van der Waals surface area contributed by atoms with Crippen molar-refractivity contribution in [3.05, 3.63) is 72.9 Å². The molecule has 0 aromatic heterocycles. The van der Waals surface area contributed by atoms with Crippen LogP contribution in [0.3, 0.4) is 0 Å². The number of esters is 2. The third kappa shape index (κ3) is 36.1. The lowest BCUT2D eigenvalue weighted by molar-refractivity contribution is -0.152. The standard InChI is InChI=1S/C42H70O6/c1-3-5-7-9-11-13-15-17-19-21-23-25-27-31-35-41(45)47-37-40(44)38-48-42(46)36-32-28-30-34-39(43)33-29-26-24-22-20-18-16-14-12-10-8-6-4-2/h6,8,12,14,18,20,24,26,28-30,33,39-40,43-44H,3-5,7,9-11,13,15-17,19,21-23,25,27,31-32,34-38H2,1-2H3/b8-6-,14-12-,20-18-,26-24-,30-28-,33-29-/t39?,40-/m0/s1. The summed E-state index contributed by atoms with van der Waals surface area (Å²) in [5, 5.41) is 20.1. The summed E-state index contributed by atoms with van der Waals surface area (Å²) in [5.41, 5.74) is 0. The topological polar surface area (TPSA) is 93.1 Å². The van der Waals surface area contributed by atoms with Crippen molar-refractivity contribution in [2.75, 3.05) is 13.2 Å². The van der Waals surface area contributed by atoms with Gasteiger partial charge in [-0.05, 0) is 44.9 Å². The first-order valence-corrected chi connectivity index (χ1v) is 19.1. The first-order valence-electron chi connectivity index (χ1n) is 19.1. The van der Waals surface area contributed by atoms with Crippen LogP contribution in [0.25, 0.3) is 0 Å². The van der Waals surface area contributed by atoms with Gasteiger partial charge in [-0.2, -0.15) is 0 Å². The van der Waals surface area contributed by atoms with E-state index in [9.17, 15) is 19.8 Å². The Balaban J connectivity index is 3.69. The number of hydrogen-bond donors (Lipinski definition) is 2. The van der Waals surface area contributed by atoms with E-state index in [-0.39, 0.29) is 25.6 Å². The first-order chi connectivity index (χ1) is 23.5. The van der Waals surface area contributed by atoms with E-state index in [0.717, 1.165) is 44.9 Å². The summed E-state index contributed by atoms with van der Waals surface area (Å²) in [7, 11) is 0. The summed E-state index contributed by atoms with van der Waals surface area (Å²) in [4.78, 5) is 23.9. The van der Waals surface area contributed by atoms with Gasteiger partial charge < -0.3 is 19.7 Å². The third-order valence-corrected chi connectivity index (χ3v) is 7.80. The lowest BCUT2D eigenvalue weighted by atomic mass is 10.0. The second-order valence-corrected chi connectivity index (χ2v) is 12.5. The van der Waals surface area contributed by atoms with Crippen LogP contribution in [-0.2, 0) is 19.1 Å². The minimum atomic E-state index is -1.03. The monoisotopic (exact) mass is 671 g/mol. The fourth-order valence-electron chi connectivity index (χ4n) is 4.90. The van der Waals surface area contributed by atoms with E-state index in [0.29, 0.717) is 19.3 Å². The highest BCUT2D eigenvalue weighted by Gasteiger charge is 2.11. The molecule has 0 saturated carbocycles. The molecule has 0 aromatic rings. The molecule has 0 heterocycles. The number of hydrogen-bond acceptors (Lipinski definition) is 6. The van der Waals surface area contributed by atoms with E-state index in [1.54, 1.807) is 6.08 Å². The molecule has 0 aliphatic heterocycles. The highest BCUT2D eigenvalue weighted by molar-refractivity contribution is 5.70. The van der Waals surface area contributed by atoms with Crippen molar-refractivity contribution in [2.24, 2.45) is 0 Å². The van der Waals surface area contributed by atoms with Crippen LogP contribution in [-0.4, -0.2) is 47.6 Å². The van der Waals surface area contributed by atoms with Gasteiger partial charge in [0.05, 0.1) is 6.10 Å². The molecule has 0 bridgehead atoms. The van der Waals surface area contributed by atoms with Crippen LogP contribution < -0.4 is 0 Å². The molecular formula is C42H70O6. The van der Waals surface area contributed by atoms with E-state index in [4.69, 9.17) is 9.47 Å². The second kappa shape index (κ2) is 37.1. The molecule has 6 heteroatoms. The third-order valence-electron chi connectivity index (χ3n) is 7.80. The van der Waals surface area contributed by atoms with Crippen LogP contribution in [0, 0.1) is 0 Å². The van der Waals surface area contributed by atoms with Crippen LogP contribution in [0.1, 0.15) is 155 Å². The molecule has 0 rings (SSSR count). The molecule has 0 aromatic carbocycles. The second-order valence-electron chi connectivity index (χ2n) is 12.5. The average Bonchev–Trinajstić information content (AvgIpc) is 3.08. The largest absolute Gasteiger partial charge is 0.463 e. The molecule has 0 saturated heterocycles. The Morgan fingerprint density at radius 1 is 0.542 bits per heavy atom. The van der Waals surface area contributed by atoms with Crippen molar-refractivity contribution in [3.63, 3.8) is 0 Å². The minimum absolute atomic E-state index is 0.170. The molecule has 274 valence electrons. The first kappa shape index (κ1) is 45.3. The van der Waals surface area contributed by atoms with E-state index >= 15 is 0 Å². The van der Waals surface area contributed by atoms with E-state index in [2.05, 4.69) is 50.3 Å². The van der Waals surface area contributed by atoms with Gasteiger partial charge in [-0.15, -0.1) is 0 Å². The lowest BCUT2D eigenvalue weighted by Gasteiger charge is -2.12.